The minimum Gasteiger partial charge on any atom is -0.379 e. The van der Waals surface area contributed by atoms with Gasteiger partial charge in [-0.15, -0.1) is 0 Å². The number of rotatable bonds is 3. The van der Waals surface area contributed by atoms with E-state index >= 15 is 0 Å². The van der Waals surface area contributed by atoms with Crippen LogP contribution < -0.4 is 0 Å². The zero-order valence-corrected chi connectivity index (χ0v) is 12.0. The third kappa shape index (κ3) is 1.60. The minimum atomic E-state index is 0.359. The highest BCUT2D eigenvalue weighted by molar-refractivity contribution is 9.10. The van der Waals surface area contributed by atoms with Gasteiger partial charge in [-0.25, -0.2) is 0 Å². The van der Waals surface area contributed by atoms with Crippen molar-refractivity contribution >= 4 is 15.9 Å². The zero-order chi connectivity index (χ0) is 12.2. The molecule has 3 aliphatic carbocycles. The Kier molecular flexibility index (Phi) is 2.42. The fraction of sp³-hybridized carbons (Fsp3) is 0.769. The van der Waals surface area contributed by atoms with Crippen LogP contribution in [-0.2, 0) is 10.3 Å². The van der Waals surface area contributed by atoms with Gasteiger partial charge in [0.2, 0.25) is 0 Å². The molecule has 0 amide bonds. The molecule has 98 valence electrons. The smallest absolute Gasteiger partial charge is 0.0645 e. The quantitative estimate of drug-likeness (QED) is 0.853. The van der Waals surface area contributed by atoms with Crippen molar-refractivity contribution in [1.82, 2.24) is 14.7 Å². The zero-order valence-electron chi connectivity index (χ0n) is 10.4. The third-order valence-corrected chi connectivity index (χ3v) is 5.22. The SMILES string of the molecule is Brc1cnn(C23CC(CN4CCOCC4)(C2)C3)c1. The van der Waals surface area contributed by atoms with Crippen molar-refractivity contribution in [3.05, 3.63) is 16.9 Å². The van der Waals surface area contributed by atoms with Gasteiger partial charge in [0.1, 0.15) is 0 Å². The van der Waals surface area contributed by atoms with Crippen LogP contribution in [0.5, 0.6) is 0 Å². The summed E-state index contributed by atoms with van der Waals surface area (Å²) in [6.07, 6.45) is 7.95. The molecule has 1 aromatic rings. The van der Waals surface area contributed by atoms with Gasteiger partial charge in [-0.1, -0.05) is 0 Å². The first-order chi connectivity index (χ1) is 8.70. The first-order valence-corrected chi connectivity index (χ1v) is 7.50. The molecule has 2 bridgehead atoms. The van der Waals surface area contributed by atoms with Crippen LogP contribution in [0, 0.1) is 5.41 Å². The van der Waals surface area contributed by atoms with Crippen LogP contribution in [0.2, 0.25) is 0 Å². The van der Waals surface area contributed by atoms with Crippen LogP contribution in [0.3, 0.4) is 0 Å². The molecule has 3 saturated carbocycles. The minimum absolute atomic E-state index is 0.359. The molecule has 0 spiro atoms. The number of hydrogen-bond donors (Lipinski definition) is 0. The van der Waals surface area contributed by atoms with E-state index in [1.165, 1.54) is 25.8 Å². The van der Waals surface area contributed by atoms with Gasteiger partial charge in [0.25, 0.3) is 0 Å². The van der Waals surface area contributed by atoms with Crippen LogP contribution in [-0.4, -0.2) is 47.5 Å². The normalized spacial score (nSPS) is 39.2. The van der Waals surface area contributed by atoms with Gasteiger partial charge in [-0.3, -0.25) is 9.58 Å². The summed E-state index contributed by atoms with van der Waals surface area (Å²) in [4.78, 5) is 2.57. The summed E-state index contributed by atoms with van der Waals surface area (Å²) in [5.74, 6) is 0. The second kappa shape index (κ2) is 3.81. The Morgan fingerprint density at radius 2 is 2.00 bits per heavy atom. The molecule has 0 aromatic carbocycles. The molecule has 4 aliphatic rings. The van der Waals surface area contributed by atoms with E-state index in [9.17, 15) is 0 Å². The molecular weight excluding hydrogens is 294 g/mol. The molecule has 5 heteroatoms. The Morgan fingerprint density at radius 3 is 2.61 bits per heavy atom. The lowest BCUT2D eigenvalue weighted by atomic mass is 9.39. The topological polar surface area (TPSA) is 30.3 Å². The van der Waals surface area contributed by atoms with Crippen LogP contribution in [0.4, 0.5) is 0 Å². The Hall–Kier alpha value is -0.390. The molecule has 2 heterocycles. The lowest BCUT2D eigenvalue weighted by Crippen LogP contribution is -2.71. The lowest BCUT2D eigenvalue weighted by Gasteiger charge is -2.71. The second-order valence-electron chi connectivity index (χ2n) is 6.25. The van der Waals surface area contributed by atoms with Crippen molar-refractivity contribution in [1.29, 1.82) is 0 Å². The largest absolute Gasteiger partial charge is 0.379 e. The lowest BCUT2D eigenvalue weighted by molar-refractivity contribution is -0.206. The van der Waals surface area contributed by atoms with Crippen LogP contribution in [0.1, 0.15) is 19.3 Å². The van der Waals surface area contributed by atoms with E-state index in [-0.39, 0.29) is 0 Å². The molecule has 0 atom stereocenters. The van der Waals surface area contributed by atoms with Crippen molar-refractivity contribution in [3.63, 3.8) is 0 Å². The number of hydrogen-bond acceptors (Lipinski definition) is 3. The summed E-state index contributed by atoms with van der Waals surface area (Å²) < 4.78 is 8.68. The molecule has 0 radical (unpaired) electrons. The average molecular weight is 312 g/mol. The van der Waals surface area contributed by atoms with E-state index < -0.39 is 0 Å². The molecule has 4 nitrogen and oxygen atoms in total. The van der Waals surface area contributed by atoms with Gasteiger partial charge in [-0.2, -0.15) is 5.10 Å². The number of aromatic nitrogens is 2. The highest BCUT2D eigenvalue weighted by Crippen LogP contribution is 2.71. The molecule has 1 saturated heterocycles. The predicted octanol–water partition coefficient (Wildman–Crippen LogP) is 1.86. The van der Waals surface area contributed by atoms with E-state index in [2.05, 4.69) is 36.8 Å². The summed E-state index contributed by atoms with van der Waals surface area (Å²) in [7, 11) is 0. The molecular formula is C13H18BrN3O. The van der Waals surface area contributed by atoms with Crippen LogP contribution in [0.15, 0.2) is 16.9 Å². The van der Waals surface area contributed by atoms with Gasteiger partial charge in [0, 0.05) is 25.8 Å². The van der Waals surface area contributed by atoms with Gasteiger partial charge in [0.05, 0.1) is 29.4 Å². The standard InChI is InChI=1S/C13H18BrN3O/c14-11-5-15-17(6-11)13-7-12(8-13,9-13)10-16-1-3-18-4-2-16/h5-6H,1-4,7-10H2. The van der Waals surface area contributed by atoms with E-state index in [4.69, 9.17) is 4.74 Å². The predicted molar refractivity (Wildman–Crippen MR) is 71.4 cm³/mol. The third-order valence-electron chi connectivity index (χ3n) is 4.81. The Labute approximate surface area is 115 Å². The summed E-state index contributed by atoms with van der Waals surface area (Å²) in [5, 5.41) is 4.46. The Bertz CT molecular complexity index is 447. The summed E-state index contributed by atoms with van der Waals surface area (Å²) >= 11 is 3.48. The van der Waals surface area contributed by atoms with Gasteiger partial charge in [0.15, 0.2) is 0 Å². The second-order valence-corrected chi connectivity index (χ2v) is 7.16. The Balaban J connectivity index is 1.39. The maximum atomic E-state index is 5.41. The molecule has 4 fully saturated rings. The number of morpholine rings is 1. The maximum Gasteiger partial charge on any atom is 0.0645 e. The van der Waals surface area contributed by atoms with Crippen molar-refractivity contribution in [2.45, 2.75) is 24.8 Å². The fourth-order valence-electron chi connectivity index (χ4n) is 4.14. The number of halogens is 1. The molecule has 5 rings (SSSR count). The van der Waals surface area contributed by atoms with Crippen LogP contribution >= 0.6 is 15.9 Å². The summed E-state index contributed by atoms with van der Waals surface area (Å²) in [6, 6.07) is 0. The average Bonchev–Trinajstić information content (AvgIpc) is 2.69. The molecule has 1 aliphatic heterocycles. The molecule has 1 aromatic heterocycles. The van der Waals surface area contributed by atoms with E-state index in [0.717, 1.165) is 30.8 Å². The number of nitrogens with zero attached hydrogens (tertiary/aromatic N) is 3. The van der Waals surface area contributed by atoms with E-state index in [0.29, 0.717) is 11.0 Å². The van der Waals surface area contributed by atoms with Crippen molar-refractivity contribution in [2.75, 3.05) is 32.8 Å². The summed E-state index contributed by atoms with van der Waals surface area (Å²) in [5.41, 5.74) is 0.952. The van der Waals surface area contributed by atoms with Crippen LogP contribution in [0.25, 0.3) is 0 Å². The van der Waals surface area contributed by atoms with E-state index in [1.54, 1.807) is 0 Å². The molecule has 18 heavy (non-hydrogen) atoms. The van der Waals surface area contributed by atoms with Crippen molar-refractivity contribution in [2.24, 2.45) is 5.41 Å². The van der Waals surface area contributed by atoms with Gasteiger partial charge in [-0.05, 0) is 40.6 Å². The fourth-order valence-corrected chi connectivity index (χ4v) is 4.43. The van der Waals surface area contributed by atoms with E-state index in [1.807, 2.05) is 6.20 Å². The van der Waals surface area contributed by atoms with Gasteiger partial charge < -0.3 is 4.74 Å². The highest BCUT2D eigenvalue weighted by atomic mass is 79.9. The van der Waals surface area contributed by atoms with Crippen molar-refractivity contribution in [3.8, 4) is 0 Å². The van der Waals surface area contributed by atoms with Crippen molar-refractivity contribution < 1.29 is 4.74 Å². The van der Waals surface area contributed by atoms with Gasteiger partial charge >= 0.3 is 0 Å². The first-order valence-electron chi connectivity index (χ1n) is 6.71. The first kappa shape index (κ1) is 11.4. The molecule has 0 unspecified atom stereocenters. The maximum absolute atomic E-state index is 5.41. The highest BCUT2D eigenvalue weighted by Gasteiger charge is 2.69. The summed E-state index contributed by atoms with van der Waals surface area (Å²) in [6.45, 7) is 5.31. The molecule has 0 N–H and O–H groups in total. The number of ether oxygens (including phenoxy) is 1. The monoisotopic (exact) mass is 311 g/mol. The Morgan fingerprint density at radius 1 is 1.28 bits per heavy atom.